The molecule has 0 radical (unpaired) electrons. The Hall–Kier alpha value is -1.42. The van der Waals surface area contributed by atoms with E-state index in [-0.39, 0.29) is 18.3 Å². The van der Waals surface area contributed by atoms with Crippen LogP contribution in [0.4, 0.5) is 4.39 Å². The number of likely N-dealkylation sites (N-methyl/N-ethyl adjacent to an activating group) is 1. The van der Waals surface area contributed by atoms with Gasteiger partial charge in [-0.15, -0.1) is 0 Å². The van der Waals surface area contributed by atoms with Gasteiger partial charge in [0.1, 0.15) is 5.82 Å². The maximum Gasteiger partial charge on any atom is 0.229 e. The van der Waals surface area contributed by atoms with Crippen LogP contribution in [0.2, 0.25) is 0 Å². The Morgan fingerprint density at radius 1 is 1.44 bits per heavy atom. The molecule has 1 amide bonds. The zero-order chi connectivity index (χ0) is 13.9. The number of rotatable bonds is 4. The minimum atomic E-state index is -0.959. The second-order valence-electron chi connectivity index (χ2n) is 5.25. The van der Waals surface area contributed by atoms with Gasteiger partial charge in [-0.3, -0.25) is 4.79 Å². The van der Waals surface area contributed by atoms with E-state index >= 15 is 0 Å². The average Bonchev–Trinajstić information content (AvgIpc) is 2.25. The predicted molar refractivity (Wildman–Crippen MR) is 68.7 cm³/mol. The Kier molecular flexibility index (Phi) is 4.46. The predicted octanol–water partition coefficient (Wildman–Crippen LogP) is 2.16. The lowest BCUT2D eigenvalue weighted by atomic mass is 9.98. The summed E-state index contributed by atoms with van der Waals surface area (Å²) in [6, 6.07) is 6.25. The van der Waals surface area contributed by atoms with Gasteiger partial charge in [0, 0.05) is 13.6 Å². The van der Waals surface area contributed by atoms with Crippen LogP contribution in [0.25, 0.3) is 0 Å². The summed E-state index contributed by atoms with van der Waals surface area (Å²) in [4.78, 5) is 13.5. The fraction of sp³-hybridized carbons (Fsp3) is 0.500. The Labute approximate surface area is 107 Å². The van der Waals surface area contributed by atoms with E-state index < -0.39 is 11.5 Å². The Morgan fingerprint density at radius 2 is 2.00 bits per heavy atom. The number of carbonyl (C=O) groups excluding carboxylic acids is 1. The number of nitrogens with zero attached hydrogens (tertiary/aromatic N) is 1. The molecule has 0 aliphatic carbocycles. The number of hydrogen-bond acceptors (Lipinski definition) is 2. The van der Waals surface area contributed by atoms with E-state index in [2.05, 4.69) is 0 Å². The number of amides is 1. The van der Waals surface area contributed by atoms with Gasteiger partial charge in [0.25, 0.3) is 0 Å². The van der Waals surface area contributed by atoms with Crippen LogP contribution >= 0.6 is 0 Å². The molecule has 0 saturated heterocycles. The van der Waals surface area contributed by atoms with Crippen molar-refractivity contribution in [3.05, 3.63) is 35.6 Å². The summed E-state index contributed by atoms with van der Waals surface area (Å²) in [5, 5.41) is 9.68. The van der Waals surface area contributed by atoms with Crippen molar-refractivity contribution in [1.29, 1.82) is 0 Å². The van der Waals surface area contributed by atoms with Crippen LogP contribution in [-0.2, 0) is 4.79 Å². The lowest BCUT2D eigenvalue weighted by molar-refractivity contribution is -0.133. The molecular formula is C14H20FNO2. The van der Waals surface area contributed by atoms with Crippen LogP contribution in [0.3, 0.4) is 0 Å². The van der Waals surface area contributed by atoms with Crippen molar-refractivity contribution in [1.82, 2.24) is 4.90 Å². The van der Waals surface area contributed by atoms with Gasteiger partial charge in [-0.05, 0) is 32.4 Å². The molecule has 3 nitrogen and oxygen atoms in total. The van der Waals surface area contributed by atoms with Crippen molar-refractivity contribution in [2.45, 2.75) is 32.3 Å². The fourth-order valence-electron chi connectivity index (χ4n) is 1.95. The third-order valence-corrected chi connectivity index (χ3v) is 2.74. The zero-order valence-corrected chi connectivity index (χ0v) is 11.3. The Balaban J connectivity index is 2.82. The van der Waals surface area contributed by atoms with E-state index in [0.29, 0.717) is 5.56 Å². The van der Waals surface area contributed by atoms with Crippen LogP contribution in [0.15, 0.2) is 24.3 Å². The number of benzene rings is 1. The molecule has 0 bridgehead atoms. The highest BCUT2D eigenvalue weighted by atomic mass is 19.1. The average molecular weight is 253 g/mol. The molecule has 100 valence electrons. The van der Waals surface area contributed by atoms with Crippen molar-refractivity contribution in [3.8, 4) is 0 Å². The first-order valence-electron chi connectivity index (χ1n) is 5.94. The highest BCUT2D eigenvalue weighted by Crippen LogP contribution is 2.21. The maximum absolute atomic E-state index is 13.6. The smallest absolute Gasteiger partial charge is 0.229 e. The molecule has 1 aromatic carbocycles. The lowest BCUT2D eigenvalue weighted by Gasteiger charge is -2.28. The Bertz CT molecular complexity index is 426. The molecule has 1 aromatic rings. The third kappa shape index (κ3) is 3.81. The molecule has 1 N–H and O–H groups in total. The van der Waals surface area contributed by atoms with E-state index in [9.17, 15) is 14.3 Å². The topological polar surface area (TPSA) is 40.5 Å². The van der Waals surface area contributed by atoms with Crippen molar-refractivity contribution < 1.29 is 14.3 Å². The molecule has 0 aliphatic rings. The van der Waals surface area contributed by atoms with Crippen LogP contribution in [-0.4, -0.2) is 35.1 Å². The standard InChI is InChI=1S/C14H20FNO2/c1-10(11-7-5-6-8-12(11)15)13(17)16(4)9-14(2,3)18/h5-8,10,18H,9H2,1-4H3. The molecule has 1 atom stereocenters. The largest absolute Gasteiger partial charge is 0.389 e. The first-order valence-corrected chi connectivity index (χ1v) is 5.94. The number of hydrogen-bond donors (Lipinski definition) is 1. The van der Waals surface area contributed by atoms with Gasteiger partial charge in [-0.25, -0.2) is 4.39 Å². The monoisotopic (exact) mass is 253 g/mol. The molecule has 1 rings (SSSR count). The molecule has 0 spiro atoms. The van der Waals surface area contributed by atoms with Crippen LogP contribution < -0.4 is 0 Å². The summed E-state index contributed by atoms with van der Waals surface area (Å²) in [7, 11) is 1.61. The van der Waals surface area contributed by atoms with Crippen LogP contribution in [0.5, 0.6) is 0 Å². The van der Waals surface area contributed by atoms with Gasteiger partial charge in [0.05, 0.1) is 11.5 Å². The highest BCUT2D eigenvalue weighted by Gasteiger charge is 2.25. The summed E-state index contributed by atoms with van der Waals surface area (Å²) in [6.07, 6.45) is 0. The second kappa shape index (κ2) is 5.48. The third-order valence-electron chi connectivity index (χ3n) is 2.74. The van der Waals surface area contributed by atoms with Crippen LogP contribution in [0, 0.1) is 5.82 Å². The Morgan fingerprint density at radius 3 is 2.50 bits per heavy atom. The molecule has 0 aliphatic heterocycles. The molecule has 0 aromatic heterocycles. The number of carbonyl (C=O) groups is 1. The maximum atomic E-state index is 13.6. The van der Waals surface area contributed by atoms with Crippen LogP contribution in [0.1, 0.15) is 32.3 Å². The highest BCUT2D eigenvalue weighted by molar-refractivity contribution is 5.83. The molecule has 0 fully saturated rings. The quantitative estimate of drug-likeness (QED) is 0.893. The SMILES string of the molecule is CC(C(=O)N(C)CC(C)(C)O)c1ccccc1F. The minimum Gasteiger partial charge on any atom is -0.389 e. The van der Waals surface area contributed by atoms with Gasteiger partial charge in [-0.2, -0.15) is 0 Å². The summed E-state index contributed by atoms with van der Waals surface area (Å²) in [5.41, 5.74) is -0.579. The first-order chi connectivity index (χ1) is 8.22. The summed E-state index contributed by atoms with van der Waals surface area (Å²) in [6.45, 7) is 5.14. The van der Waals surface area contributed by atoms with E-state index in [1.165, 1.54) is 11.0 Å². The molecule has 4 heteroatoms. The first kappa shape index (κ1) is 14.6. The van der Waals surface area contributed by atoms with E-state index in [1.807, 2.05) is 0 Å². The van der Waals surface area contributed by atoms with E-state index in [1.54, 1.807) is 46.0 Å². The number of aliphatic hydroxyl groups is 1. The van der Waals surface area contributed by atoms with Gasteiger partial charge in [0.15, 0.2) is 0 Å². The van der Waals surface area contributed by atoms with Crippen molar-refractivity contribution >= 4 is 5.91 Å². The lowest BCUT2D eigenvalue weighted by Crippen LogP contribution is -2.41. The van der Waals surface area contributed by atoms with Crippen molar-refractivity contribution in [2.75, 3.05) is 13.6 Å². The molecule has 0 saturated carbocycles. The molecule has 0 heterocycles. The molecule has 18 heavy (non-hydrogen) atoms. The molecular weight excluding hydrogens is 233 g/mol. The van der Waals surface area contributed by atoms with Gasteiger partial charge in [0.2, 0.25) is 5.91 Å². The fourth-order valence-corrected chi connectivity index (χ4v) is 1.95. The van der Waals surface area contributed by atoms with Crippen molar-refractivity contribution in [3.63, 3.8) is 0 Å². The number of halogens is 1. The zero-order valence-electron chi connectivity index (χ0n) is 11.3. The van der Waals surface area contributed by atoms with Gasteiger partial charge < -0.3 is 10.0 Å². The summed E-state index contributed by atoms with van der Waals surface area (Å²) >= 11 is 0. The summed E-state index contributed by atoms with van der Waals surface area (Å²) in [5.74, 6) is -1.14. The van der Waals surface area contributed by atoms with Crippen molar-refractivity contribution in [2.24, 2.45) is 0 Å². The molecule has 1 unspecified atom stereocenters. The van der Waals surface area contributed by atoms with E-state index in [0.717, 1.165) is 0 Å². The normalized spacial score (nSPS) is 13.2. The second-order valence-corrected chi connectivity index (χ2v) is 5.25. The van der Waals surface area contributed by atoms with Gasteiger partial charge in [-0.1, -0.05) is 18.2 Å². The minimum absolute atomic E-state index is 0.206. The summed E-state index contributed by atoms with van der Waals surface area (Å²) < 4.78 is 13.6. The van der Waals surface area contributed by atoms with E-state index in [4.69, 9.17) is 0 Å². The van der Waals surface area contributed by atoms with Gasteiger partial charge >= 0.3 is 0 Å².